The van der Waals surface area contributed by atoms with Crippen molar-refractivity contribution in [3.8, 4) is 0 Å². The van der Waals surface area contributed by atoms with Gasteiger partial charge in [-0.25, -0.2) is 4.98 Å². The molecule has 6 heteroatoms. The van der Waals surface area contributed by atoms with Crippen molar-refractivity contribution in [3.05, 3.63) is 22.1 Å². The smallest absolute Gasteiger partial charge is 0.251 e. The summed E-state index contributed by atoms with van der Waals surface area (Å²) in [6.45, 7) is 4.67. The van der Waals surface area contributed by atoms with Crippen LogP contribution in [0.5, 0.6) is 0 Å². The topological polar surface area (TPSA) is 66.1 Å². The maximum absolute atomic E-state index is 13.1. The quantitative estimate of drug-likeness (QED) is 0.674. The molecule has 2 saturated carbocycles. The number of nitrogens with one attached hydrogen (secondary N) is 1. The Kier molecular flexibility index (Phi) is 4.19. The first-order valence-electron chi connectivity index (χ1n) is 9.03. The van der Waals surface area contributed by atoms with Gasteiger partial charge in [-0.3, -0.25) is 9.59 Å². The fourth-order valence-electron chi connectivity index (χ4n) is 5.11. The molecule has 4 bridgehead atoms. The van der Waals surface area contributed by atoms with Crippen LogP contribution in [0.25, 0.3) is 0 Å². The van der Waals surface area contributed by atoms with Gasteiger partial charge in [-0.1, -0.05) is 11.8 Å². The second-order valence-corrected chi connectivity index (χ2v) is 9.20. The van der Waals surface area contributed by atoms with Crippen molar-refractivity contribution in [3.63, 3.8) is 0 Å². The molecule has 2 aliphatic carbocycles. The van der Waals surface area contributed by atoms with Crippen LogP contribution in [0, 0.1) is 24.7 Å². The number of rotatable bonds is 3. The van der Waals surface area contributed by atoms with Crippen molar-refractivity contribution in [1.29, 1.82) is 0 Å². The first-order chi connectivity index (χ1) is 11.5. The molecule has 2 saturated heterocycles. The third-order valence-electron chi connectivity index (χ3n) is 5.87. The summed E-state index contributed by atoms with van der Waals surface area (Å²) in [5, 5.41) is 0.326. The summed E-state index contributed by atoms with van der Waals surface area (Å²) in [5.74, 6) is 2.58. The summed E-state index contributed by atoms with van der Waals surface area (Å²) in [6.07, 6.45) is 6.38. The van der Waals surface area contributed by atoms with E-state index in [9.17, 15) is 9.59 Å². The van der Waals surface area contributed by atoms with Gasteiger partial charge in [-0.15, -0.1) is 0 Å². The lowest BCUT2D eigenvalue weighted by Crippen LogP contribution is -2.45. The standard InChI is InChI=1S/C18H25N3O2S/c1-10-3-16(22)20-18(19-10)24-11(2)17(23)21-9-14-5-12-4-13(6-14)8-15(21)7-12/h3,11-15H,4-9H2,1-2H3,(H,19,20,22)/t11-,12-,13+,14?,15?/m0/s1. The molecule has 24 heavy (non-hydrogen) atoms. The molecule has 4 fully saturated rings. The van der Waals surface area contributed by atoms with E-state index in [0.717, 1.165) is 18.4 Å². The summed E-state index contributed by atoms with van der Waals surface area (Å²) in [5.41, 5.74) is 0.530. The van der Waals surface area contributed by atoms with Crippen molar-refractivity contribution in [2.45, 2.75) is 62.4 Å². The fraction of sp³-hybridized carbons (Fsp3) is 0.722. The van der Waals surface area contributed by atoms with E-state index in [4.69, 9.17) is 0 Å². The van der Waals surface area contributed by atoms with Gasteiger partial charge < -0.3 is 9.88 Å². The SMILES string of the molecule is Cc1cc(=O)[nH]c(S[C@@H](C)C(=O)N2CC3C[C@@H]4CC2C[C@H](C3)C4)n1. The molecule has 1 aromatic heterocycles. The molecule has 3 heterocycles. The van der Waals surface area contributed by atoms with Crippen LogP contribution in [0.1, 0.15) is 44.7 Å². The number of hydrogen-bond acceptors (Lipinski definition) is 4. The Morgan fingerprint density at radius 1 is 1.25 bits per heavy atom. The predicted octanol–water partition coefficient (Wildman–Crippen LogP) is 2.60. The molecule has 130 valence electrons. The molecule has 1 N–H and O–H groups in total. The first kappa shape index (κ1) is 16.2. The van der Waals surface area contributed by atoms with Gasteiger partial charge >= 0.3 is 0 Å². The average molecular weight is 347 g/mol. The van der Waals surface area contributed by atoms with Crippen LogP contribution in [0.3, 0.4) is 0 Å². The molecule has 5 rings (SSSR count). The number of H-pyrrole nitrogens is 1. The number of fused-ring (bicyclic) bond motifs is 1. The molecule has 5 nitrogen and oxygen atoms in total. The molecule has 0 aromatic carbocycles. The van der Waals surface area contributed by atoms with E-state index < -0.39 is 0 Å². The van der Waals surface area contributed by atoms with E-state index in [1.807, 2.05) is 6.92 Å². The maximum atomic E-state index is 13.1. The number of carbonyl (C=O) groups is 1. The minimum atomic E-state index is -0.217. The second-order valence-electron chi connectivity index (χ2n) is 7.87. The highest BCUT2D eigenvalue weighted by Crippen LogP contribution is 2.47. The number of carbonyl (C=O) groups excluding carboxylic acids is 1. The molecule has 0 radical (unpaired) electrons. The predicted molar refractivity (Wildman–Crippen MR) is 94.0 cm³/mol. The number of aromatic nitrogens is 2. The van der Waals surface area contributed by atoms with Crippen LogP contribution in [0.15, 0.2) is 16.0 Å². The van der Waals surface area contributed by atoms with Crippen LogP contribution in [-0.2, 0) is 4.79 Å². The van der Waals surface area contributed by atoms with Gasteiger partial charge in [0.05, 0.1) is 5.25 Å². The minimum absolute atomic E-state index is 0.157. The zero-order valence-electron chi connectivity index (χ0n) is 14.3. The lowest BCUT2D eigenvalue weighted by atomic mass is 9.68. The Labute approximate surface area is 146 Å². The number of aryl methyl sites for hydroxylation is 1. The largest absolute Gasteiger partial charge is 0.338 e. The molecule has 2 unspecified atom stereocenters. The van der Waals surface area contributed by atoms with Crippen LogP contribution in [0.4, 0.5) is 0 Å². The van der Waals surface area contributed by atoms with Gasteiger partial charge in [0.15, 0.2) is 5.16 Å². The average Bonchev–Trinajstić information content (AvgIpc) is 2.69. The summed E-state index contributed by atoms with van der Waals surface area (Å²) >= 11 is 1.37. The molecule has 1 aromatic rings. The van der Waals surface area contributed by atoms with Crippen molar-refractivity contribution >= 4 is 17.7 Å². The highest BCUT2D eigenvalue weighted by molar-refractivity contribution is 8.00. The Balaban J connectivity index is 1.49. The van der Waals surface area contributed by atoms with E-state index in [1.165, 1.54) is 49.9 Å². The third kappa shape index (κ3) is 3.13. The maximum Gasteiger partial charge on any atom is 0.251 e. The number of hydrogen-bond donors (Lipinski definition) is 1. The van der Waals surface area contributed by atoms with Crippen LogP contribution in [-0.4, -0.2) is 38.6 Å². The van der Waals surface area contributed by atoms with Gasteiger partial charge in [0, 0.05) is 24.3 Å². The summed E-state index contributed by atoms with van der Waals surface area (Å²) in [7, 11) is 0. The molecule has 5 atom stereocenters. The normalized spacial score (nSPS) is 32.7. The van der Waals surface area contributed by atoms with E-state index >= 15 is 0 Å². The van der Waals surface area contributed by atoms with Gasteiger partial charge in [-0.2, -0.15) is 0 Å². The lowest BCUT2D eigenvalue weighted by Gasteiger charge is -2.39. The highest BCUT2D eigenvalue weighted by Gasteiger charge is 2.44. The number of aromatic amines is 1. The van der Waals surface area contributed by atoms with Gasteiger partial charge in [-0.05, 0) is 63.7 Å². The first-order valence-corrected chi connectivity index (χ1v) is 9.91. The third-order valence-corrected chi connectivity index (χ3v) is 6.85. The summed E-state index contributed by atoms with van der Waals surface area (Å²) in [6, 6.07) is 1.90. The number of thioether (sulfide) groups is 1. The summed E-state index contributed by atoms with van der Waals surface area (Å²) in [4.78, 5) is 33.9. The molecule has 0 spiro atoms. The number of nitrogens with zero attached hydrogens (tertiary/aromatic N) is 2. The molecule has 4 aliphatic rings. The zero-order chi connectivity index (χ0) is 16.8. The Morgan fingerprint density at radius 3 is 2.58 bits per heavy atom. The molecular formula is C18H25N3O2S. The van der Waals surface area contributed by atoms with Gasteiger partial charge in [0.2, 0.25) is 5.91 Å². The highest BCUT2D eigenvalue weighted by atomic mass is 32.2. The van der Waals surface area contributed by atoms with E-state index in [1.54, 1.807) is 6.92 Å². The lowest BCUT2D eigenvalue weighted by molar-refractivity contribution is -0.133. The molecule has 2 aliphatic heterocycles. The van der Waals surface area contributed by atoms with E-state index in [2.05, 4.69) is 14.9 Å². The minimum Gasteiger partial charge on any atom is -0.338 e. The zero-order valence-corrected chi connectivity index (χ0v) is 15.1. The van der Waals surface area contributed by atoms with Crippen molar-refractivity contribution in [1.82, 2.24) is 14.9 Å². The van der Waals surface area contributed by atoms with Crippen molar-refractivity contribution in [2.75, 3.05) is 6.54 Å². The molecule has 1 amide bonds. The second kappa shape index (κ2) is 6.21. The Bertz CT molecular complexity index is 690. The van der Waals surface area contributed by atoms with Gasteiger partial charge in [0.1, 0.15) is 0 Å². The fourth-order valence-corrected chi connectivity index (χ4v) is 6.04. The van der Waals surface area contributed by atoms with Crippen LogP contribution in [0.2, 0.25) is 0 Å². The van der Waals surface area contributed by atoms with Gasteiger partial charge in [0.25, 0.3) is 5.56 Å². The van der Waals surface area contributed by atoms with Crippen molar-refractivity contribution < 1.29 is 4.79 Å². The number of amides is 1. The van der Waals surface area contributed by atoms with Crippen molar-refractivity contribution in [2.24, 2.45) is 17.8 Å². The van der Waals surface area contributed by atoms with Crippen LogP contribution >= 0.6 is 11.8 Å². The van der Waals surface area contributed by atoms with Crippen LogP contribution < -0.4 is 5.56 Å². The molecular weight excluding hydrogens is 322 g/mol. The summed E-state index contributed by atoms with van der Waals surface area (Å²) < 4.78 is 0. The Morgan fingerprint density at radius 2 is 1.92 bits per heavy atom. The monoisotopic (exact) mass is 347 g/mol. The van der Waals surface area contributed by atoms with E-state index in [0.29, 0.717) is 22.8 Å². The van der Waals surface area contributed by atoms with E-state index in [-0.39, 0.29) is 16.7 Å². The Hall–Kier alpha value is -1.30.